The largest absolute Gasteiger partial charge is 0.354 e. The van der Waals surface area contributed by atoms with Crippen LogP contribution in [-0.4, -0.2) is 72.8 Å². The zero-order chi connectivity index (χ0) is 13.1. The molecule has 0 radical (unpaired) electrons. The summed E-state index contributed by atoms with van der Waals surface area (Å²) in [6.07, 6.45) is 0. The Labute approximate surface area is 105 Å². The molecule has 3 amide bonds. The molecule has 0 aromatic heterocycles. The Kier molecular flexibility index (Phi) is 3.93. The summed E-state index contributed by atoms with van der Waals surface area (Å²) in [5, 5.41) is 5.04. The Morgan fingerprint density at radius 2 is 1.78 bits per heavy atom. The highest BCUT2D eigenvalue weighted by atomic mass is 16.2. The van der Waals surface area contributed by atoms with Crippen molar-refractivity contribution in [1.82, 2.24) is 20.4 Å². The lowest BCUT2D eigenvalue weighted by atomic mass is 10.2. The predicted octanol–water partition coefficient (Wildman–Crippen LogP) is -2.23. The van der Waals surface area contributed by atoms with Gasteiger partial charge in [-0.05, 0) is 6.92 Å². The number of piperazine rings is 2. The summed E-state index contributed by atoms with van der Waals surface area (Å²) in [5.74, 6) is -0.482. The van der Waals surface area contributed by atoms with Crippen LogP contribution in [-0.2, 0) is 14.4 Å². The lowest BCUT2D eigenvalue weighted by Gasteiger charge is -2.35. The molecule has 2 aliphatic heterocycles. The minimum Gasteiger partial charge on any atom is -0.354 e. The molecule has 7 nitrogen and oxygen atoms in total. The van der Waals surface area contributed by atoms with Crippen molar-refractivity contribution < 1.29 is 14.4 Å². The molecule has 2 N–H and O–H groups in total. The SMILES string of the molecule is C[C@@H](CN1CCNC(=O)C1)N1CC(=O)NC(=O)C1. The normalized spacial score (nSPS) is 24.6. The maximum Gasteiger partial charge on any atom is 0.240 e. The van der Waals surface area contributed by atoms with Crippen LogP contribution in [0.3, 0.4) is 0 Å². The van der Waals surface area contributed by atoms with Crippen molar-refractivity contribution in [3.8, 4) is 0 Å². The molecule has 2 fully saturated rings. The number of hydrogen-bond acceptors (Lipinski definition) is 5. The van der Waals surface area contributed by atoms with Crippen LogP contribution in [0.15, 0.2) is 0 Å². The van der Waals surface area contributed by atoms with E-state index in [0.29, 0.717) is 19.6 Å². The highest BCUT2D eigenvalue weighted by molar-refractivity contribution is 5.99. The van der Waals surface area contributed by atoms with E-state index >= 15 is 0 Å². The van der Waals surface area contributed by atoms with E-state index in [1.165, 1.54) is 0 Å². The van der Waals surface area contributed by atoms with Gasteiger partial charge in [-0.1, -0.05) is 0 Å². The van der Waals surface area contributed by atoms with Crippen LogP contribution in [0.4, 0.5) is 0 Å². The van der Waals surface area contributed by atoms with E-state index < -0.39 is 0 Å². The van der Waals surface area contributed by atoms with Gasteiger partial charge in [-0.2, -0.15) is 0 Å². The van der Waals surface area contributed by atoms with Crippen molar-refractivity contribution in [2.75, 3.05) is 39.3 Å². The standard InChI is InChI=1S/C11H18N4O3/c1-8(4-14-3-2-12-9(16)5-14)15-6-10(17)13-11(18)7-15/h8H,2-7H2,1H3,(H,12,16)(H,13,17,18)/t8-/m0/s1. The van der Waals surface area contributed by atoms with Crippen LogP contribution in [0.25, 0.3) is 0 Å². The van der Waals surface area contributed by atoms with Crippen molar-refractivity contribution in [3.63, 3.8) is 0 Å². The van der Waals surface area contributed by atoms with Crippen LogP contribution in [0, 0.1) is 0 Å². The molecule has 0 bridgehead atoms. The van der Waals surface area contributed by atoms with Crippen molar-refractivity contribution in [2.24, 2.45) is 0 Å². The average molecular weight is 254 g/mol. The van der Waals surface area contributed by atoms with Gasteiger partial charge in [-0.15, -0.1) is 0 Å². The third-order valence-electron chi connectivity index (χ3n) is 3.24. The fourth-order valence-electron chi connectivity index (χ4n) is 2.31. The summed E-state index contributed by atoms with van der Waals surface area (Å²) in [5.41, 5.74) is 0. The van der Waals surface area contributed by atoms with Crippen LogP contribution in [0.2, 0.25) is 0 Å². The second-order valence-corrected chi connectivity index (χ2v) is 4.81. The van der Waals surface area contributed by atoms with Gasteiger partial charge in [0.05, 0.1) is 19.6 Å². The smallest absolute Gasteiger partial charge is 0.240 e. The van der Waals surface area contributed by atoms with Crippen LogP contribution in [0.5, 0.6) is 0 Å². The molecule has 2 rings (SSSR count). The van der Waals surface area contributed by atoms with E-state index in [1.807, 2.05) is 16.7 Å². The van der Waals surface area contributed by atoms with Gasteiger partial charge in [0.1, 0.15) is 0 Å². The number of carbonyl (C=O) groups is 3. The van der Waals surface area contributed by atoms with Gasteiger partial charge in [0.2, 0.25) is 17.7 Å². The Hall–Kier alpha value is -1.47. The summed E-state index contributed by atoms with van der Waals surface area (Å²) in [6, 6.07) is 0.0749. The Morgan fingerprint density at radius 3 is 2.39 bits per heavy atom. The molecular weight excluding hydrogens is 236 g/mol. The molecular formula is C11H18N4O3. The zero-order valence-electron chi connectivity index (χ0n) is 10.4. The number of carbonyl (C=O) groups excluding carboxylic acids is 3. The quantitative estimate of drug-likeness (QED) is 0.557. The van der Waals surface area contributed by atoms with Gasteiger partial charge < -0.3 is 5.32 Å². The summed E-state index contributed by atoms with van der Waals surface area (Å²) >= 11 is 0. The Morgan fingerprint density at radius 1 is 1.11 bits per heavy atom. The second-order valence-electron chi connectivity index (χ2n) is 4.81. The van der Waals surface area contributed by atoms with Crippen LogP contribution < -0.4 is 10.6 Å². The minimum absolute atomic E-state index is 0.0286. The second kappa shape index (κ2) is 5.45. The van der Waals surface area contributed by atoms with Gasteiger partial charge in [-0.25, -0.2) is 0 Å². The van der Waals surface area contributed by atoms with Gasteiger partial charge in [0.25, 0.3) is 0 Å². The van der Waals surface area contributed by atoms with E-state index in [1.54, 1.807) is 0 Å². The lowest BCUT2D eigenvalue weighted by Crippen LogP contribution is -2.57. The molecule has 0 aromatic carbocycles. The first-order chi connectivity index (χ1) is 8.54. The fourth-order valence-corrected chi connectivity index (χ4v) is 2.31. The zero-order valence-corrected chi connectivity index (χ0v) is 10.4. The van der Waals surface area contributed by atoms with E-state index in [9.17, 15) is 14.4 Å². The monoisotopic (exact) mass is 254 g/mol. The molecule has 0 saturated carbocycles. The third kappa shape index (κ3) is 3.27. The van der Waals surface area contributed by atoms with Gasteiger partial charge in [-0.3, -0.25) is 29.5 Å². The first kappa shape index (κ1) is 13.0. The van der Waals surface area contributed by atoms with Crippen molar-refractivity contribution in [2.45, 2.75) is 13.0 Å². The van der Waals surface area contributed by atoms with Gasteiger partial charge in [0, 0.05) is 25.7 Å². The van der Waals surface area contributed by atoms with E-state index in [4.69, 9.17) is 0 Å². The molecule has 2 saturated heterocycles. The molecule has 2 heterocycles. The van der Waals surface area contributed by atoms with Crippen LogP contribution in [0.1, 0.15) is 6.92 Å². The fraction of sp³-hybridized carbons (Fsp3) is 0.727. The number of hydrogen-bond donors (Lipinski definition) is 2. The number of nitrogens with one attached hydrogen (secondary N) is 2. The maximum absolute atomic E-state index is 11.3. The molecule has 7 heteroatoms. The lowest BCUT2D eigenvalue weighted by molar-refractivity contribution is -0.137. The molecule has 100 valence electrons. The van der Waals surface area contributed by atoms with E-state index in [2.05, 4.69) is 10.6 Å². The van der Waals surface area contributed by atoms with E-state index in [-0.39, 0.29) is 36.9 Å². The van der Waals surface area contributed by atoms with Gasteiger partial charge in [0.15, 0.2) is 0 Å². The Balaban J connectivity index is 1.86. The Bertz CT molecular complexity index is 355. The average Bonchev–Trinajstić information content (AvgIpc) is 2.27. The third-order valence-corrected chi connectivity index (χ3v) is 3.24. The minimum atomic E-state index is -0.255. The van der Waals surface area contributed by atoms with Gasteiger partial charge >= 0.3 is 0 Å². The molecule has 1 atom stereocenters. The molecule has 2 aliphatic rings. The first-order valence-corrected chi connectivity index (χ1v) is 6.10. The first-order valence-electron chi connectivity index (χ1n) is 6.10. The number of nitrogens with zero attached hydrogens (tertiary/aromatic N) is 2. The molecule has 0 aromatic rings. The molecule has 0 unspecified atom stereocenters. The molecule has 0 aliphatic carbocycles. The summed E-state index contributed by atoms with van der Waals surface area (Å²) < 4.78 is 0. The summed E-state index contributed by atoms with van der Waals surface area (Å²) in [4.78, 5) is 37.7. The van der Waals surface area contributed by atoms with Crippen molar-refractivity contribution in [3.05, 3.63) is 0 Å². The van der Waals surface area contributed by atoms with Crippen molar-refractivity contribution in [1.29, 1.82) is 0 Å². The highest BCUT2D eigenvalue weighted by Crippen LogP contribution is 2.05. The topological polar surface area (TPSA) is 81.8 Å². The maximum atomic E-state index is 11.3. The number of amides is 3. The van der Waals surface area contributed by atoms with Crippen LogP contribution >= 0.6 is 0 Å². The molecule has 0 spiro atoms. The number of rotatable bonds is 3. The predicted molar refractivity (Wildman–Crippen MR) is 63.6 cm³/mol. The highest BCUT2D eigenvalue weighted by Gasteiger charge is 2.28. The van der Waals surface area contributed by atoms with E-state index in [0.717, 1.165) is 6.54 Å². The summed E-state index contributed by atoms with van der Waals surface area (Å²) in [6.45, 7) is 5.00. The van der Waals surface area contributed by atoms with Crippen molar-refractivity contribution >= 4 is 17.7 Å². The summed E-state index contributed by atoms with van der Waals surface area (Å²) in [7, 11) is 0. The molecule has 18 heavy (non-hydrogen) atoms. The number of imide groups is 1.